The highest BCUT2D eigenvalue weighted by atomic mass is 16.2. The van der Waals surface area contributed by atoms with Crippen molar-refractivity contribution in [2.24, 2.45) is 11.7 Å². The third kappa shape index (κ3) is 3.53. The number of nitrogens with one attached hydrogen (secondary N) is 1. The number of aromatic nitrogens is 1. The van der Waals surface area contributed by atoms with Crippen molar-refractivity contribution < 1.29 is 9.59 Å². The van der Waals surface area contributed by atoms with E-state index in [1.807, 2.05) is 19.9 Å². The number of nitrogen functional groups attached to an aromatic ring is 1. The lowest BCUT2D eigenvalue weighted by Gasteiger charge is -2.22. The highest BCUT2D eigenvalue weighted by molar-refractivity contribution is 5.99. The van der Waals surface area contributed by atoms with Crippen LogP contribution < -0.4 is 11.5 Å². The zero-order chi connectivity index (χ0) is 15.6. The molecule has 0 saturated carbocycles. The van der Waals surface area contributed by atoms with Crippen LogP contribution >= 0.6 is 0 Å². The number of H-pyrrole nitrogens is 1. The molecule has 0 aliphatic heterocycles. The molecule has 1 heterocycles. The van der Waals surface area contributed by atoms with Gasteiger partial charge in [0.1, 0.15) is 5.69 Å². The van der Waals surface area contributed by atoms with E-state index >= 15 is 0 Å². The number of aromatic amines is 1. The first-order valence-electron chi connectivity index (χ1n) is 6.82. The van der Waals surface area contributed by atoms with Crippen molar-refractivity contribution in [2.75, 3.05) is 18.8 Å². The number of anilines is 1. The van der Waals surface area contributed by atoms with Gasteiger partial charge < -0.3 is 21.4 Å². The Labute approximate surface area is 123 Å². The molecule has 0 atom stereocenters. The van der Waals surface area contributed by atoms with E-state index in [4.69, 9.17) is 11.5 Å². The van der Waals surface area contributed by atoms with Crippen LogP contribution in [0.5, 0.6) is 0 Å². The van der Waals surface area contributed by atoms with E-state index in [9.17, 15) is 9.59 Å². The van der Waals surface area contributed by atoms with Gasteiger partial charge in [-0.2, -0.15) is 0 Å². The zero-order valence-electron chi connectivity index (χ0n) is 12.2. The third-order valence-corrected chi connectivity index (χ3v) is 3.09. The Hall–Kier alpha value is -2.50. The predicted molar refractivity (Wildman–Crippen MR) is 82.6 cm³/mol. The molecule has 6 heteroatoms. The van der Waals surface area contributed by atoms with Crippen LogP contribution in [0.2, 0.25) is 0 Å². The summed E-state index contributed by atoms with van der Waals surface area (Å²) in [4.78, 5) is 28.2. The zero-order valence-corrected chi connectivity index (χ0v) is 12.2. The maximum absolute atomic E-state index is 12.5. The molecule has 1 aromatic carbocycles. The van der Waals surface area contributed by atoms with Crippen LogP contribution in [0.15, 0.2) is 24.3 Å². The molecule has 6 nitrogen and oxygen atoms in total. The molecule has 0 spiro atoms. The molecule has 1 aromatic heterocycles. The van der Waals surface area contributed by atoms with Crippen molar-refractivity contribution >= 4 is 28.4 Å². The molecule has 2 amide bonds. The average Bonchev–Trinajstić information content (AvgIpc) is 2.78. The maximum Gasteiger partial charge on any atom is 0.270 e. The van der Waals surface area contributed by atoms with Crippen LogP contribution in [0.1, 0.15) is 24.3 Å². The van der Waals surface area contributed by atoms with Gasteiger partial charge in [0.2, 0.25) is 5.91 Å². The molecule has 2 aromatic rings. The number of hydrogen-bond acceptors (Lipinski definition) is 3. The van der Waals surface area contributed by atoms with Crippen molar-refractivity contribution in [3.8, 4) is 0 Å². The van der Waals surface area contributed by atoms with E-state index in [1.165, 1.54) is 4.90 Å². The minimum Gasteiger partial charge on any atom is -0.399 e. The van der Waals surface area contributed by atoms with Gasteiger partial charge in [-0.3, -0.25) is 9.59 Å². The summed E-state index contributed by atoms with van der Waals surface area (Å²) in [5.74, 6) is -0.519. The van der Waals surface area contributed by atoms with Gasteiger partial charge in [0.15, 0.2) is 0 Å². The third-order valence-electron chi connectivity index (χ3n) is 3.09. The summed E-state index contributed by atoms with van der Waals surface area (Å²) in [5.41, 5.74) is 12.8. The number of benzene rings is 1. The number of nitrogens with zero attached hydrogens (tertiary/aromatic N) is 1. The van der Waals surface area contributed by atoms with Crippen LogP contribution in [0.4, 0.5) is 5.69 Å². The Morgan fingerprint density at radius 1 is 1.29 bits per heavy atom. The second-order valence-electron chi connectivity index (χ2n) is 5.58. The van der Waals surface area contributed by atoms with Crippen LogP contribution in [0.25, 0.3) is 10.9 Å². The van der Waals surface area contributed by atoms with Gasteiger partial charge in [0, 0.05) is 23.1 Å². The lowest BCUT2D eigenvalue weighted by atomic mass is 10.2. The summed E-state index contributed by atoms with van der Waals surface area (Å²) in [6.07, 6.45) is 0. The fraction of sp³-hybridized carbons (Fsp3) is 0.333. The number of rotatable bonds is 5. The topological polar surface area (TPSA) is 105 Å². The summed E-state index contributed by atoms with van der Waals surface area (Å²) in [6.45, 7) is 4.34. The Kier molecular flexibility index (Phi) is 4.16. The van der Waals surface area contributed by atoms with Gasteiger partial charge in [0.25, 0.3) is 5.91 Å². The molecular weight excluding hydrogens is 268 g/mol. The lowest BCUT2D eigenvalue weighted by molar-refractivity contribution is -0.118. The number of hydrogen-bond donors (Lipinski definition) is 3. The Morgan fingerprint density at radius 2 is 2.00 bits per heavy atom. The lowest BCUT2D eigenvalue weighted by Crippen LogP contribution is -2.40. The summed E-state index contributed by atoms with van der Waals surface area (Å²) in [5, 5.41) is 0.863. The minimum absolute atomic E-state index is 0.0888. The predicted octanol–water partition coefficient (Wildman–Crippen LogP) is 1.33. The standard InChI is InChI=1S/C15H20N4O2/c1-9(2)7-19(8-14(17)20)15(21)13-6-10-5-11(16)3-4-12(10)18-13/h3-6,9,18H,7-8,16H2,1-2H3,(H2,17,20). The number of nitrogens with two attached hydrogens (primary N) is 2. The Bertz CT molecular complexity index is 675. The minimum atomic E-state index is -0.524. The van der Waals surface area contributed by atoms with Crippen molar-refractivity contribution in [1.29, 1.82) is 0 Å². The van der Waals surface area contributed by atoms with E-state index in [-0.39, 0.29) is 18.4 Å². The number of primary amides is 1. The van der Waals surface area contributed by atoms with Crippen molar-refractivity contribution in [3.05, 3.63) is 30.0 Å². The molecule has 0 bridgehead atoms. The van der Waals surface area contributed by atoms with Gasteiger partial charge in [-0.25, -0.2) is 0 Å². The first kappa shape index (κ1) is 14.9. The van der Waals surface area contributed by atoms with Crippen molar-refractivity contribution in [2.45, 2.75) is 13.8 Å². The van der Waals surface area contributed by atoms with Crippen LogP contribution in [0, 0.1) is 5.92 Å². The maximum atomic E-state index is 12.5. The monoisotopic (exact) mass is 288 g/mol. The summed E-state index contributed by atoms with van der Waals surface area (Å²) < 4.78 is 0. The molecule has 0 unspecified atom stereocenters. The van der Waals surface area contributed by atoms with Crippen molar-refractivity contribution in [1.82, 2.24) is 9.88 Å². The van der Waals surface area contributed by atoms with Crippen LogP contribution in [-0.2, 0) is 4.79 Å². The van der Waals surface area contributed by atoms with Gasteiger partial charge in [-0.15, -0.1) is 0 Å². The van der Waals surface area contributed by atoms with Gasteiger partial charge in [-0.1, -0.05) is 13.8 Å². The van der Waals surface area contributed by atoms with E-state index < -0.39 is 5.91 Å². The smallest absolute Gasteiger partial charge is 0.270 e. The van der Waals surface area contributed by atoms with E-state index in [0.29, 0.717) is 17.9 Å². The first-order valence-corrected chi connectivity index (χ1v) is 6.82. The molecule has 0 saturated heterocycles. The number of carbonyl (C=O) groups is 2. The van der Waals surface area contributed by atoms with E-state index in [0.717, 1.165) is 10.9 Å². The summed E-state index contributed by atoms with van der Waals surface area (Å²) in [7, 11) is 0. The summed E-state index contributed by atoms with van der Waals surface area (Å²) in [6, 6.07) is 7.12. The Balaban J connectivity index is 2.30. The molecule has 0 aliphatic carbocycles. The second-order valence-corrected chi connectivity index (χ2v) is 5.58. The van der Waals surface area contributed by atoms with Crippen LogP contribution in [0.3, 0.4) is 0 Å². The highest BCUT2D eigenvalue weighted by Crippen LogP contribution is 2.19. The molecular formula is C15H20N4O2. The molecule has 0 fully saturated rings. The quantitative estimate of drug-likeness (QED) is 0.723. The Morgan fingerprint density at radius 3 is 2.62 bits per heavy atom. The van der Waals surface area contributed by atoms with E-state index in [2.05, 4.69) is 4.98 Å². The van der Waals surface area contributed by atoms with Crippen molar-refractivity contribution in [3.63, 3.8) is 0 Å². The van der Waals surface area contributed by atoms with Crippen LogP contribution in [-0.4, -0.2) is 34.8 Å². The number of amides is 2. The number of fused-ring (bicyclic) bond motifs is 1. The fourth-order valence-electron chi connectivity index (χ4n) is 2.28. The molecule has 0 aliphatic rings. The van der Waals surface area contributed by atoms with Gasteiger partial charge in [-0.05, 0) is 30.2 Å². The van der Waals surface area contributed by atoms with Gasteiger partial charge >= 0.3 is 0 Å². The molecule has 0 radical (unpaired) electrons. The molecule has 2 rings (SSSR count). The van der Waals surface area contributed by atoms with Gasteiger partial charge in [0.05, 0.1) is 6.54 Å². The SMILES string of the molecule is CC(C)CN(CC(N)=O)C(=O)c1cc2cc(N)ccc2[nH]1. The second kappa shape index (κ2) is 5.87. The average molecular weight is 288 g/mol. The normalized spacial score (nSPS) is 11.0. The summed E-state index contributed by atoms with van der Waals surface area (Å²) >= 11 is 0. The fourth-order valence-corrected chi connectivity index (χ4v) is 2.28. The largest absolute Gasteiger partial charge is 0.399 e. The molecule has 21 heavy (non-hydrogen) atoms. The molecule has 112 valence electrons. The molecule has 5 N–H and O–H groups in total. The van der Waals surface area contributed by atoms with E-state index in [1.54, 1.807) is 18.2 Å². The number of carbonyl (C=O) groups excluding carboxylic acids is 2. The highest BCUT2D eigenvalue weighted by Gasteiger charge is 2.20. The first-order chi connectivity index (χ1) is 9.86.